The third-order valence-electron chi connectivity index (χ3n) is 3.43. The van der Waals surface area contributed by atoms with Crippen LogP contribution in [0.3, 0.4) is 0 Å². The predicted octanol–water partition coefficient (Wildman–Crippen LogP) is 2.15. The molecule has 0 unspecified atom stereocenters. The fraction of sp³-hybridized carbons (Fsp3) is 0.222. The van der Waals surface area contributed by atoms with Crippen molar-refractivity contribution < 1.29 is 14.3 Å². The molecule has 0 aromatic heterocycles. The molecule has 7 heteroatoms. The largest absolute Gasteiger partial charge is 0.497 e. The van der Waals surface area contributed by atoms with Crippen molar-refractivity contribution in [2.75, 3.05) is 14.2 Å². The van der Waals surface area contributed by atoms with E-state index in [1.54, 1.807) is 26.4 Å². The zero-order valence-corrected chi connectivity index (χ0v) is 15.0. The minimum atomic E-state index is -0.266. The molecule has 0 saturated carbocycles. The maximum Gasteiger partial charge on any atom is 0.269 e. The SMILES string of the molecule is COCc1ccc(C(=O)NNC(=S)NCc2ccc(OC)cc2)cc1. The van der Waals surface area contributed by atoms with Crippen molar-refractivity contribution in [2.24, 2.45) is 0 Å². The molecular weight excluding hydrogens is 338 g/mol. The standard InChI is InChI=1S/C18H21N3O3S/c1-23-12-14-3-7-15(8-4-14)17(22)20-21-18(25)19-11-13-5-9-16(24-2)10-6-13/h3-10H,11-12H2,1-2H3,(H,20,22)(H2,19,21,25). The molecule has 0 heterocycles. The summed E-state index contributed by atoms with van der Waals surface area (Å²) in [6.45, 7) is 1.05. The van der Waals surface area contributed by atoms with Crippen molar-refractivity contribution >= 4 is 23.2 Å². The van der Waals surface area contributed by atoms with Crippen LogP contribution in [-0.2, 0) is 17.9 Å². The topological polar surface area (TPSA) is 71.6 Å². The van der Waals surface area contributed by atoms with Crippen LogP contribution in [0.4, 0.5) is 0 Å². The van der Waals surface area contributed by atoms with E-state index in [9.17, 15) is 4.79 Å². The number of hydrogen-bond donors (Lipinski definition) is 3. The first kappa shape index (κ1) is 18.7. The molecule has 1 amide bonds. The van der Waals surface area contributed by atoms with Gasteiger partial charge in [-0.15, -0.1) is 0 Å². The third kappa shape index (κ3) is 6.06. The van der Waals surface area contributed by atoms with Gasteiger partial charge in [-0.05, 0) is 47.6 Å². The molecule has 0 aliphatic heterocycles. The van der Waals surface area contributed by atoms with Crippen molar-refractivity contribution in [2.45, 2.75) is 13.2 Å². The fourth-order valence-electron chi connectivity index (χ4n) is 2.07. The highest BCUT2D eigenvalue weighted by Crippen LogP contribution is 2.10. The summed E-state index contributed by atoms with van der Waals surface area (Å²) in [6, 6.07) is 14.8. The first-order valence-electron chi connectivity index (χ1n) is 7.67. The number of ether oxygens (including phenoxy) is 2. The normalized spacial score (nSPS) is 10.0. The van der Waals surface area contributed by atoms with Gasteiger partial charge in [0.25, 0.3) is 5.91 Å². The molecule has 0 bridgehead atoms. The summed E-state index contributed by atoms with van der Waals surface area (Å²) in [5, 5.41) is 3.35. The Hall–Kier alpha value is -2.64. The molecule has 25 heavy (non-hydrogen) atoms. The summed E-state index contributed by atoms with van der Waals surface area (Å²) in [7, 11) is 3.25. The summed E-state index contributed by atoms with van der Waals surface area (Å²) >= 11 is 5.15. The first-order chi connectivity index (χ1) is 12.1. The number of methoxy groups -OCH3 is 2. The highest BCUT2D eigenvalue weighted by molar-refractivity contribution is 7.80. The first-order valence-corrected chi connectivity index (χ1v) is 8.08. The van der Waals surface area contributed by atoms with Crippen LogP contribution in [0.15, 0.2) is 48.5 Å². The lowest BCUT2D eigenvalue weighted by Gasteiger charge is -2.12. The maximum atomic E-state index is 12.1. The monoisotopic (exact) mass is 359 g/mol. The Morgan fingerprint density at radius 1 is 0.960 bits per heavy atom. The van der Waals surface area contributed by atoms with Gasteiger partial charge >= 0.3 is 0 Å². The van der Waals surface area contributed by atoms with Crippen molar-refractivity contribution in [1.82, 2.24) is 16.2 Å². The maximum absolute atomic E-state index is 12.1. The van der Waals surface area contributed by atoms with Crippen molar-refractivity contribution in [3.63, 3.8) is 0 Å². The third-order valence-corrected chi connectivity index (χ3v) is 3.68. The summed E-state index contributed by atoms with van der Waals surface area (Å²) < 4.78 is 10.1. The summed E-state index contributed by atoms with van der Waals surface area (Å²) in [4.78, 5) is 12.1. The van der Waals surface area contributed by atoms with E-state index in [0.29, 0.717) is 23.8 Å². The number of hydrogen-bond acceptors (Lipinski definition) is 4. The molecule has 0 atom stereocenters. The van der Waals surface area contributed by atoms with E-state index in [1.165, 1.54) is 0 Å². The van der Waals surface area contributed by atoms with Crippen LogP contribution in [0, 0.1) is 0 Å². The molecule has 2 aromatic rings. The van der Waals surface area contributed by atoms with Crippen LogP contribution < -0.4 is 20.9 Å². The molecule has 0 fully saturated rings. The Morgan fingerprint density at radius 2 is 1.60 bits per heavy atom. The smallest absolute Gasteiger partial charge is 0.269 e. The summed E-state index contributed by atoms with van der Waals surface area (Å²) in [6.07, 6.45) is 0. The number of amides is 1. The number of benzene rings is 2. The molecule has 132 valence electrons. The minimum Gasteiger partial charge on any atom is -0.497 e. The second-order valence-corrected chi connectivity index (χ2v) is 5.65. The minimum absolute atomic E-state index is 0.266. The predicted molar refractivity (Wildman–Crippen MR) is 100 cm³/mol. The summed E-state index contributed by atoms with van der Waals surface area (Å²) in [5.41, 5.74) is 7.83. The van der Waals surface area contributed by atoms with Gasteiger partial charge in [-0.3, -0.25) is 15.6 Å². The van der Waals surface area contributed by atoms with Gasteiger partial charge in [0.1, 0.15) is 5.75 Å². The highest BCUT2D eigenvalue weighted by Gasteiger charge is 2.06. The lowest BCUT2D eigenvalue weighted by atomic mass is 10.1. The van der Waals surface area contributed by atoms with Crippen LogP contribution in [0.2, 0.25) is 0 Å². The van der Waals surface area contributed by atoms with Gasteiger partial charge in [-0.1, -0.05) is 24.3 Å². The highest BCUT2D eigenvalue weighted by atomic mass is 32.1. The molecule has 0 aliphatic carbocycles. The Labute approximate surface area is 152 Å². The fourth-order valence-corrected chi connectivity index (χ4v) is 2.20. The number of carbonyl (C=O) groups is 1. The molecule has 0 radical (unpaired) electrons. The van der Waals surface area contributed by atoms with Crippen molar-refractivity contribution in [3.05, 3.63) is 65.2 Å². The molecular formula is C18H21N3O3S. The zero-order valence-electron chi connectivity index (χ0n) is 14.2. The van der Waals surface area contributed by atoms with E-state index < -0.39 is 0 Å². The second kappa shape index (κ2) is 9.61. The van der Waals surface area contributed by atoms with E-state index in [4.69, 9.17) is 21.7 Å². The number of carbonyl (C=O) groups excluding carboxylic acids is 1. The van der Waals surface area contributed by atoms with E-state index in [1.807, 2.05) is 36.4 Å². The van der Waals surface area contributed by atoms with Crippen molar-refractivity contribution in [1.29, 1.82) is 0 Å². The lowest BCUT2D eigenvalue weighted by Crippen LogP contribution is -2.46. The van der Waals surface area contributed by atoms with Gasteiger partial charge in [-0.2, -0.15) is 0 Å². The number of thiocarbonyl (C=S) groups is 1. The van der Waals surface area contributed by atoms with Gasteiger partial charge in [0, 0.05) is 19.2 Å². The average molecular weight is 359 g/mol. The van der Waals surface area contributed by atoms with Gasteiger partial charge in [0.2, 0.25) is 0 Å². The van der Waals surface area contributed by atoms with E-state index in [0.717, 1.165) is 16.9 Å². The zero-order chi connectivity index (χ0) is 18.1. The van der Waals surface area contributed by atoms with Gasteiger partial charge < -0.3 is 14.8 Å². The van der Waals surface area contributed by atoms with Crippen LogP contribution in [0.1, 0.15) is 21.5 Å². The molecule has 0 saturated heterocycles. The number of rotatable bonds is 6. The van der Waals surface area contributed by atoms with Crippen LogP contribution >= 0.6 is 12.2 Å². The van der Waals surface area contributed by atoms with Crippen LogP contribution in [-0.4, -0.2) is 25.2 Å². The second-order valence-electron chi connectivity index (χ2n) is 5.24. The Kier molecular flexibility index (Phi) is 7.18. The van der Waals surface area contributed by atoms with Crippen LogP contribution in [0.25, 0.3) is 0 Å². The molecule has 2 rings (SSSR count). The molecule has 0 spiro atoms. The average Bonchev–Trinajstić information content (AvgIpc) is 2.65. The lowest BCUT2D eigenvalue weighted by molar-refractivity contribution is 0.0943. The Morgan fingerprint density at radius 3 is 2.20 bits per heavy atom. The molecule has 0 aliphatic rings. The molecule has 2 aromatic carbocycles. The number of nitrogens with one attached hydrogen (secondary N) is 3. The van der Waals surface area contributed by atoms with Gasteiger partial charge in [0.15, 0.2) is 5.11 Å². The molecule has 3 N–H and O–H groups in total. The molecule has 6 nitrogen and oxygen atoms in total. The quantitative estimate of drug-likeness (QED) is 0.542. The van der Waals surface area contributed by atoms with E-state index >= 15 is 0 Å². The van der Waals surface area contributed by atoms with Gasteiger partial charge in [-0.25, -0.2) is 0 Å². The van der Waals surface area contributed by atoms with E-state index in [-0.39, 0.29) is 5.91 Å². The summed E-state index contributed by atoms with van der Waals surface area (Å²) in [5.74, 6) is 0.533. The van der Waals surface area contributed by atoms with E-state index in [2.05, 4.69) is 16.2 Å². The van der Waals surface area contributed by atoms with Gasteiger partial charge in [0.05, 0.1) is 13.7 Å². The number of hydrazine groups is 1. The Bertz CT molecular complexity index is 703. The van der Waals surface area contributed by atoms with Crippen molar-refractivity contribution in [3.8, 4) is 5.75 Å². The Balaban J connectivity index is 1.75. The van der Waals surface area contributed by atoms with Crippen LogP contribution in [0.5, 0.6) is 5.75 Å².